The maximum absolute atomic E-state index is 12.6. The van der Waals surface area contributed by atoms with Crippen LogP contribution in [0.25, 0.3) is 0 Å². The number of carbonyl (C=O) groups is 1. The van der Waals surface area contributed by atoms with Crippen molar-refractivity contribution in [1.29, 1.82) is 0 Å². The van der Waals surface area contributed by atoms with Crippen molar-refractivity contribution in [2.45, 2.75) is 26.8 Å². The van der Waals surface area contributed by atoms with E-state index in [9.17, 15) is 13.2 Å². The van der Waals surface area contributed by atoms with E-state index in [-0.39, 0.29) is 5.75 Å². The summed E-state index contributed by atoms with van der Waals surface area (Å²) >= 11 is 11.5. The average Bonchev–Trinajstić information content (AvgIpc) is 2.71. The third kappa shape index (κ3) is 6.79. The molecule has 2 N–H and O–H groups in total. The Labute approximate surface area is 188 Å². The number of amides is 2. The minimum atomic E-state index is -3.54. The molecule has 2 aromatic rings. The molecule has 2 rings (SSSR count). The number of aryl methyl sites for hydroxylation is 1. The Balaban J connectivity index is 2.18. The van der Waals surface area contributed by atoms with Gasteiger partial charge < -0.3 is 15.5 Å². The molecule has 1 unspecified atom stereocenters. The van der Waals surface area contributed by atoms with Crippen LogP contribution in [0.5, 0.6) is 0 Å². The van der Waals surface area contributed by atoms with Crippen LogP contribution in [0, 0.1) is 6.92 Å². The molecule has 6 nitrogen and oxygen atoms in total. The Morgan fingerprint density at radius 1 is 1.10 bits per heavy atom. The SMILES string of the molecule is CCN(CC)c1ccc(NC(=O)NC(CS(=O)(=O)CCl)c2ccc(Cl)cc2)c(C)c1. The first-order valence-electron chi connectivity index (χ1n) is 9.64. The number of nitrogens with zero attached hydrogens (tertiary/aromatic N) is 1. The lowest BCUT2D eigenvalue weighted by Crippen LogP contribution is -2.36. The van der Waals surface area contributed by atoms with Gasteiger partial charge in [0.2, 0.25) is 0 Å². The number of sulfone groups is 1. The van der Waals surface area contributed by atoms with E-state index in [4.69, 9.17) is 23.2 Å². The number of alkyl halides is 1. The maximum Gasteiger partial charge on any atom is 0.319 e. The van der Waals surface area contributed by atoms with Crippen LogP contribution in [0.1, 0.15) is 31.0 Å². The van der Waals surface area contributed by atoms with E-state index in [0.717, 1.165) is 24.3 Å². The first-order chi connectivity index (χ1) is 14.2. The van der Waals surface area contributed by atoms with Crippen molar-refractivity contribution in [2.75, 3.05) is 34.3 Å². The molecular formula is C21H27Cl2N3O3S. The molecule has 0 heterocycles. The fraction of sp³-hybridized carbons (Fsp3) is 0.381. The molecule has 0 bridgehead atoms. The maximum atomic E-state index is 12.6. The number of nitrogens with one attached hydrogen (secondary N) is 2. The van der Waals surface area contributed by atoms with Crippen molar-refractivity contribution < 1.29 is 13.2 Å². The van der Waals surface area contributed by atoms with Crippen molar-refractivity contribution in [1.82, 2.24) is 5.32 Å². The lowest BCUT2D eigenvalue weighted by atomic mass is 10.1. The first kappa shape index (κ1) is 24.3. The number of urea groups is 1. The highest BCUT2D eigenvalue weighted by Crippen LogP contribution is 2.23. The second kappa shape index (κ2) is 10.9. The molecule has 1 atom stereocenters. The van der Waals surface area contributed by atoms with Crippen molar-refractivity contribution >= 4 is 50.4 Å². The Hall–Kier alpha value is -1.96. The normalized spacial score (nSPS) is 12.3. The van der Waals surface area contributed by atoms with E-state index in [1.165, 1.54) is 0 Å². The van der Waals surface area contributed by atoms with E-state index in [1.807, 2.05) is 25.1 Å². The fourth-order valence-electron chi connectivity index (χ4n) is 3.10. The third-order valence-corrected chi connectivity index (χ3v) is 7.17. The van der Waals surface area contributed by atoms with E-state index in [0.29, 0.717) is 16.3 Å². The largest absolute Gasteiger partial charge is 0.372 e. The highest BCUT2D eigenvalue weighted by atomic mass is 35.5. The summed E-state index contributed by atoms with van der Waals surface area (Å²) in [4.78, 5) is 14.8. The summed E-state index contributed by atoms with van der Waals surface area (Å²) in [5.74, 6) is -0.314. The zero-order valence-electron chi connectivity index (χ0n) is 17.3. The smallest absolute Gasteiger partial charge is 0.319 e. The lowest BCUT2D eigenvalue weighted by Gasteiger charge is -2.23. The average molecular weight is 472 g/mol. The van der Waals surface area contributed by atoms with Crippen LogP contribution in [-0.2, 0) is 9.84 Å². The number of benzene rings is 2. The number of carbonyl (C=O) groups excluding carboxylic acids is 1. The van der Waals surface area contributed by atoms with Crippen LogP contribution in [0.3, 0.4) is 0 Å². The molecule has 9 heteroatoms. The molecule has 164 valence electrons. The Morgan fingerprint density at radius 3 is 2.27 bits per heavy atom. The van der Waals surface area contributed by atoms with Gasteiger partial charge in [0.25, 0.3) is 0 Å². The van der Waals surface area contributed by atoms with Gasteiger partial charge in [-0.15, -0.1) is 11.6 Å². The number of hydrogen-bond acceptors (Lipinski definition) is 4. The van der Waals surface area contributed by atoms with Crippen molar-refractivity contribution in [3.8, 4) is 0 Å². The molecule has 30 heavy (non-hydrogen) atoms. The summed E-state index contributed by atoms with van der Waals surface area (Å²) in [7, 11) is -3.54. The number of hydrogen-bond donors (Lipinski definition) is 2. The van der Waals surface area contributed by atoms with Gasteiger partial charge in [-0.25, -0.2) is 13.2 Å². The van der Waals surface area contributed by atoms with Crippen molar-refractivity contribution in [2.24, 2.45) is 0 Å². The fourth-order valence-corrected chi connectivity index (χ4v) is 4.37. The molecule has 0 spiro atoms. The molecular weight excluding hydrogens is 445 g/mol. The van der Waals surface area contributed by atoms with E-state index >= 15 is 0 Å². The Kier molecular flexibility index (Phi) is 8.82. The molecule has 0 saturated heterocycles. The molecule has 0 radical (unpaired) electrons. The first-order valence-corrected chi connectivity index (χ1v) is 12.4. The summed E-state index contributed by atoms with van der Waals surface area (Å²) in [5, 5.41) is 5.54. The zero-order chi connectivity index (χ0) is 22.3. The van der Waals surface area contributed by atoms with Gasteiger partial charge in [0.1, 0.15) is 5.21 Å². The summed E-state index contributed by atoms with van der Waals surface area (Å²) in [6, 6.07) is 11.2. The van der Waals surface area contributed by atoms with Gasteiger partial charge in [0.05, 0.1) is 11.8 Å². The number of rotatable bonds is 9. The minimum absolute atomic E-state index is 0.314. The van der Waals surface area contributed by atoms with Crippen LogP contribution in [0.2, 0.25) is 5.02 Å². The van der Waals surface area contributed by atoms with Gasteiger partial charge >= 0.3 is 6.03 Å². The van der Waals surface area contributed by atoms with Crippen molar-refractivity contribution in [3.63, 3.8) is 0 Å². The van der Waals surface area contributed by atoms with Crippen LogP contribution in [0.15, 0.2) is 42.5 Å². The topological polar surface area (TPSA) is 78.5 Å². The van der Waals surface area contributed by atoms with E-state index < -0.39 is 27.1 Å². The molecule has 0 aliphatic carbocycles. The van der Waals surface area contributed by atoms with Gasteiger partial charge in [-0.05, 0) is 62.2 Å². The van der Waals surface area contributed by atoms with Crippen LogP contribution < -0.4 is 15.5 Å². The summed E-state index contributed by atoms with van der Waals surface area (Å²) in [6.07, 6.45) is 0. The van der Waals surface area contributed by atoms with Gasteiger partial charge in [0, 0.05) is 29.5 Å². The zero-order valence-corrected chi connectivity index (χ0v) is 19.6. The molecule has 0 aliphatic rings. The third-order valence-electron chi connectivity index (χ3n) is 4.75. The second-order valence-electron chi connectivity index (χ2n) is 6.89. The van der Waals surface area contributed by atoms with E-state index in [2.05, 4.69) is 29.4 Å². The Morgan fingerprint density at radius 2 is 1.73 bits per heavy atom. The summed E-state index contributed by atoms with van der Waals surface area (Å²) < 4.78 is 24.1. The van der Waals surface area contributed by atoms with Gasteiger partial charge in [-0.1, -0.05) is 23.7 Å². The standard InChI is InChI=1S/C21H27Cl2N3O3S/c1-4-26(5-2)18-10-11-19(15(3)12-18)24-21(27)25-20(13-30(28,29)14-22)16-6-8-17(23)9-7-16/h6-12,20H,4-5,13-14H2,1-3H3,(H2,24,25,27). The Bertz CT molecular complexity index is 962. The molecule has 0 saturated carbocycles. The van der Waals surface area contributed by atoms with Crippen molar-refractivity contribution in [3.05, 3.63) is 58.6 Å². The summed E-state index contributed by atoms with van der Waals surface area (Å²) in [6.45, 7) is 7.87. The number of halogens is 2. The second-order valence-corrected chi connectivity index (χ2v) is 10.0. The minimum Gasteiger partial charge on any atom is -0.372 e. The number of anilines is 2. The summed E-state index contributed by atoms with van der Waals surface area (Å²) in [5.41, 5.74) is 3.26. The molecule has 2 amide bonds. The molecule has 0 aliphatic heterocycles. The highest BCUT2D eigenvalue weighted by molar-refractivity contribution is 7.92. The predicted molar refractivity (Wildman–Crippen MR) is 126 cm³/mol. The van der Waals surface area contributed by atoms with Crippen LogP contribution in [0.4, 0.5) is 16.2 Å². The molecule has 2 aromatic carbocycles. The van der Waals surface area contributed by atoms with Gasteiger partial charge in [-0.3, -0.25) is 0 Å². The van der Waals surface area contributed by atoms with Crippen LogP contribution in [-0.4, -0.2) is 38.5 Å². The quantitative estimate of drug-likeness (QED) is 0.506. The van der Waals surface area contributed by atoms with E-state index in [1.54, 1.807) is 24.3 Å². The highest BCUT2D eigenvalue weighted by Gasteiger charge is 2.22. The monoisotopic (exact) mass is 471 g/mol. The van der Waals surface area contributed by atoms with Crippen LogP contribution >= 0.6 is 23.2 Å². The molecule has 0 fully saturated rings. The predicted octanol–water partition coefficient (Wildman–Crippen LogP) is 4.97. The van der Waals surface area contributed by atoms with Gasteiger partial charge in [0.15, 0.2) is 9.84 Å². The van der Waals surface area contributed by atoms with Gasteiger partial charge in [-0.2, -0.15) is 0 Å². The molecule has 0 aromatic heterocycles. The lowest BCUT2D eigenvalue weighted by molar-refractivity contribution is 0.249.